The Morgan fingerprint density at radius 2 is 1.73 bits per heavy atom. The zero-order valence-electron chi connectivity index (χ0n) is 6.18. The van der Waals surface area contributed by atoms with Crippen LogP contribution in [0, 0.1) is 12.3 Å². The van der Waals surface area contributed by atoms with Crippen molar-refractivity contribution in [1.29, 1.82) is 0 Å². The van der Waals surface area contributed by atoms with Crippen LogP contribution in [-0.4, -0.2) is 0 Å². The van der Waals surface area contributed by atoms with Crippen LogP contribution in [0.3, 0.4) is 0 Å². The Kier molecular flexibility index (Phi) is 3.19. The van der Waals surface area contributed by atoms with Gasteiger partial charge in [0.05, 0.1) is 0 Å². The molecule has 0 saturated heterocycles. The molecule has 0 bridgehead atoms. The number of rotatable bonds is 2. The van der Waals surface area contributed by atoms with Crippen LogP contribution in [0.25, 0.3) is 0 Å². The molecule has 0 unspecified atom stereocenters. The molecule has 56 valence electrons. The Balaban J connectivity index is 2.76. The van der Waals surface area contributed by atoms with Gasteiger partial charge in [-0.25, -0.2) is 0 Å². The molecule has 0 N–H and O–H groups in total. The number of alkyl halides is 1. The molecule has 0 amide bonds. The summed E-state index contributed by atoms with van der Waals surface area (Å²) in [4.78, 5) is 0. The molecule has 0 saturated carbocycles. The van der Waals surface area contributed by atoms with Gasteiger partial charge in [-0.1, -0.05) is 40.2 Å². The molecule has 0 nitrogen and oxygen atoms in total. The molecule has 0 radical (unpaired) electrons. The summed E-state index contributed by atoms with van der Waals surface area (Å²) in [7, 11) is 0. The van der Waals surface area contributed by atoms with Crippen molar-refractivity contribution in [1.82, 2.24) is 0 Å². The summed E-state index contributed by atoms with van der Waals surface area (Å²) in [5, 5.41) is 0.906. The first kappa shape index (κ1) is 8.36. The van der Waals surface area contributed by atoms with Gasteiger partial charge >= 0.3 is 0 Å². The van der Waals surface area contributed by atoms with Crippen LogP contribution in [0.15, 0.2) is 24.3 Å². The second-order valence-corrected chi connectivity index (χ2v) is 2.89. The molecule has 0 aromatic heterocycles. The van der Waals surface area contributed by atoms with Crippen LogP contribution in [0.5, 0.6) is 0 Å². The first-order chi connectivity index (χ1) is 5.36. The monoisotopic (exact) mass is 208 g/mol. The summed E-state index contributed by atoms with van der Waals surface area (Å²) in [5.74, 6) is 2.61. The van der Waals surface area contributed by atoms with Crippen molar-refractivity contribution in [2.75, 3.05) is 0 Å². The van der Waals surface area contributed by atoms with Crippen molar-refractivity contribution in [2.45, 2.75) is 11.8 Å². The van der Waals surface area contributed by atoms with E-state index in [1.165, 1.54) is 11.1 Å². The normalized spacial score (nSPS) is 9.09. The summed E-state index contributed by atoms with van der Waals surface area (Å²) in [5.41, 5.74) is 2.49. The number of benzene rings is 1. The molecular formula is C10H9Br. The molecule has 1 aromatic rings. The summed E-state index contributed by atoms with van der Waals surface area (Å²) in [6.45, 7) is 0. The lowest BCUT2D eigenvalue weighted by Gasteiger charge is -1.96. The number of hydrogen-bond donors (Lipinski definition) is 0. The van der Waals surface area contributed by atoms with Crippen LogP contribution in [-0.2, 0) is 11.8 Å². The van der Waals surface area contributed by atoms with E-state index in [0.29, 0.717) is 0 Å². The molecular weight excluding hydrogens is 200 g/mol. The fraction of sp³-hybridized carbons (Fsp3) is 0.200. The topological polar surface area (TPSA) is 0 Å². The van der Waals surface area contributed by atoms with E-state index in [1.54, 1.807) is 0 Å². The first-order valence-electron chi connectivity index (χ1n) is 3.44. The van der Waals surface area contributed by atoms with Gasteiger partial charge < -0.3 is 0 Å². The van der Waals surface area contributed by atoms with E-state index in [-0.39, 0.29) is 0 Å². The van der Waals surface area contributed by atoms with E-state index in [9.17, 15) is 0 Å². The fourth-order valence-electron chi connectivity index (χ4n) is 0.864. The maximum absolute atomic E-state index is 5.17. The Labute approximate surface area is 75.8 Å². The quantitative estimate of drug-likeness (QED) is 0.519. The van der Waals surface area contributed by atoms with Gasteiger partial charge in [-0.05, 0) is 11.1 Å². The highest BCUT2D eigenvalue weighted by atomic mass is 79.9. The first-order valence-corrected chi connectivity index (χ1v) is 4.56. The van der Waals surface area contributed by atoms with Gasteiger partial charge in [0, 0.05) is 11.8 Å². The molecule has 0 aliphatic rings. The third kappa shape index (κ3) is 2.40. The van der Waals surface area contributed by atoms with Gasteiger partial charge in [-0.3, -0.25) is 0 Å². The number of hydrogen-bond acceptors (Lipinski definition) is 0. The third-order valence-electron chi connectivity index (χ3n) is 1.48. The minimum atomic E-state index is 0.725. The summed E-state index contributed by atoms with van der Waals surface area (Å²) >= 11 is 3.38. The Bertz CT molecular complexity index is 253. The average molecular weight is 209 g/mol. The second kappa shape index (κ2) is 4.20. The Morgan fingerprint density at radius 3 is 2.18 bits per heavy atom. The molecule has 0 heterocycles. The fourth-order valence-corrected chi connectivity index (χ4v) is 1.24. The van der Waals surface area contributed by atoms with Crippen LogP contribution in [0.1, 0.15) is 11.1 Å². The van der Waals surface area contributed by atoms with Crippen LogP contribution < -0.4 is 0 Å². The van der Waals surface area contributed by atoms with Crippen LogP contribution >= 0.6 is 15.9 Å². The number of terminal acetylenes is 1. The highest BCUT2D eigenvalue weighted by Gasteiger charge is 1.90. The molecule has 11 heavy (non-hydrogen) atoms. The molecule has 0 aliphatic heterocycles. The van der Waals surface area contributed by atoms with Gasteiger partial charge in [0.1, 0.15) is 0 Å². The SMILES string of the molecule is C#CCc1ccc(CBr)cc1. The summed E-state index contributed by atoms with van der Waals surface area (Å²) < 4.78 is 0. The van der Waals surface area contributed by atoms with Crippen molar-refractivity contribution < 1.29 is 0 Å². The molecule has 0 atom stereocenters. The molecule has 0 spiro atoms. The lowest BCUT2D eigenvalue weighted by atomic mass is 10.1. The van der Waals surface area contributed by atoms with Crippen molar-refractivity contribution in [3.05, 3.63) is 35.4 Å². The molecule has 1 rings (SSSR count). The molecule has 1 aromatic carbocycles. The van der Waals surface area contributed by atoms with Gasteiger partial charge in [0.2, 0.25) is 0 Å². The smallest absolute Gasteiger partial charge is 0.0337 e. The number of halogens is 1. The molecule has 0 fully saturated rings. The second-order valence-electron chi connectivity index (χ2n) is 2.33. The maximum atomic E-state index is 5.17. The van der Waals surface area contributed by atoms with Crippen molar-refractivity contribution in [2.24, 2.45) is 0 Å². The average Bonchev–Trinajstić information content (AvgIpc) is 2.07. The van der Waals surface area contributed by atoms with E-state index in [0.717, 1.165) is 11.8 Å². The van der Waals surface area contributed by atoms with Crippen LogP contribution in [0.2, 0.25) is 0 Å². The van der Waals surface area contributed by atoms with E-state index in [4.69, 9.17) is 6.42 Å². The van der Waals surface area contributed by atoms with Gasteiger partial charge in [-0.15, -0.1) is 12.3 Å². The predicted octanol–water partition coefficient (Wildman–Crippen LogP) is 2.76. The highest BCUT2D eigenvalue weighted by molar-refractivity contribution is 9.08. The third-order valence-corrected chi connectivity index (χ3v) is 2.13. The standard InChI is InChI=1S/C10H9Br/c1-2-3-9-4-6-10(8-11)7-5-9/h1,4-7H,3,8H2. The molecule has 1 heteroatoms. The lowest BCUT2D eigenvalue weighted by molar-refractivity contribution is 1.29. The van der Waals surface area contributed by atoms with Gasteiger partial charge in [0.25, 0.3) is 0 Å². The Morgan fingerprint density at radius 1 is 1.18 bits per heavy atom. The summed E-state index contributed by atoms with van der Waals surface area (Å²) in [6.07, 6.45) is 5.90. The van der Waals surface area contributed by atoms with E-state index in [2.05, 4.69) is 46.1 Å². The zero-order valence-corrected chi connectivity index (χ0v) is 7.76. The van der Waals surface area contributed by atoms with Crippen LogP contribution in [0.4, 0.5) is 0 Å². The van der Waals surface area contributed by atoms with Gasteiger partial charge in [-0.2, -0.15) is 0 Å². The Hall–Kier alpha value is -0.740. The zero-order chi connectivity index (χ0) is 8.10. The van der Waals surface area contributed by atoms with E-state index < -0.39 is 0 Å². The lowest BCUT2D eigenvalue weighted by Crippen LogP contribution is -1.82. The summed E-state index contributed by atoms with van der Waals surface area (Å²) in [6, 6.07) is 8.30. The van der Waals surface area contributed by atoms with E-state index in [1.807, 2.05) is 0 Å². The predicted molar refractivity (Wildman–Crippen MR) is 51.6 cm³/mol. The van der Waals surface area contributed by atoms with E-state index >= 15 is 0 Å². The highest BCUT2D eigenvalue weighted by Crippen LogP contribution is 2.07. The largest absolute Gasteiger partial charge is 0.120 e. The maximum Gasteiger partial charge on any atom is 0.0337 e. The van der Waals surface area contributed by atoms with Gasteiger partial charge in [0.15, 0.2) is 0 Å². The minimum absolute atomic E-state index is 0.725. The van der Waals surface area contributed by atoms with Crippen molar-refractivity contribution >= 4 is 15.9 Å². The molecule has 0 aliphatic carbocycles. The van der Waals surface area contributed by atoms with Crippen molar-refractivity contribution in [3.8, 4) is 12.3 Å². The van der Waals surface area contributed by atoms with Crippen molar-refractivity contribution in [3.63, 3.8) is 0 Å². The minimum Gasteiger partial charge on any atom is -0.120 e.